The number of hydrogen-bond acceptors (Lipinski definition) is 4. The number of anilines is 1. The summed E-state index contributed by atoms with van der Waals surface area (Å²) in [6.45, 7) is 0. The maximum atomic E-state index is 11.5. The number of sulfone groups is 1. The lowest BCUT2D eigenvalue weighted by molar-refractivity contribution is -0.116. The molecule has 104 valence electrons. The van der Waals surface area contributed by atoms with E-state index in [0.29, 0.717) is 11.3 Å². The number of amides is 2. The number of nitrogens with two attached hydrogens (primary N) is 1. The molecule has 0 heterocycles. The second-order valence-corrected chi connectivity index (χ2v) is 6.48. The van der Waals surface area contributed by atoms with E-state index in [9.17, 15) is 18.0 Å². The summed E-state index contributed by atoms with van der Waals surface area (Å²) in [5, 5.41) is 2.61. The summed E-state index contributed by atoms with van der Waals surface area (Å²) >= 11 is 0. The quantitative estimate of drug-likeness (QED) is 0.795. The van der Waals surface area contributed by atoms with Crippen molar-refractivity contribution in [2.24, 2.45) is 5.73 Å². The van der Waals surface area contributed by atoms with Crippen LogP contribution in [-0.4, -0.2) is 32.2 Å². The van der Waals surface area contributed by atoms with E-state index in [-0.39, 0.29) is 24.5 Å². The fourth-order valence-corrected chi connectivity index (χ4v) is 2.10. The van der Waals surface area contributed by atoms with Crippen LogP contribution in [0.1, 0.15) is 23.2 Å². The molecule has 19 heavy (non-hydrogen) atoms. The molecule has 0 spiro atoms. The van der Waals surface area contributed by atoms with Crippen LogP contribution in [0.5, 0.6) is 0 Å². The van der Waals surface area contributed by atoms with Gasteiger partial charge in [-0.3, -0.25) is 9.59 Å². The molecule has 0 aliphatic rings. The van der Waals surface area contributed by atoms with Crippen LogP contribution in [0.2, 0.25) is 0 Å². The van der Waals surface area contributed by atoms with E-state index >= 15 is 0 Å². The minimum Gasteiger partial charge on any atom is -0.366 e. The van der Waals surface area contributed by atoms with E-state index in [2.05, 4.69) is 5.32 Å². The van der Waals surface area contributed by atoms with E-state index < -0.39 is 15.7 Å². The highest BCUT2D eigenvalue weighted by Gasteiger charge is 2.07. The molecule has 2 amide bonds. The Morgan fingerprint density at radius 1 is 1.21 bits per heavy atom. The molecule has 0 unspecified atom stereocenters. The van der Waals surface area contributed by atoms with Crippen molar-refractivity contribution in [3.8, 4) is 0 Å². The molecule has 0 saturated heterocycles. The number of carbonyl (C=O) groups excluding carboxylic acids is 2. The molecular weight excluding hydrogens is 268 g/mol. The van der Waals surface area contributed by atoms with Crippen molar-refractivity contribution in [1.82, 2.24) is 0 Å². The average molecular weight is 284 g/mol. The van der Waals surface area contributed by atoms with Crippen LogP contribution >= 0.6 is 0 Å². The van der Waals surface area contributed by atoms with Gasteiger partial charge in [-0.15, -0.1) is 0 Å². The molecule has 1 rings (SSSR count). The minimum atomic E-state index is -3.04. The van der Waals surface area contributed by atoms with E-state index in [1.165, 1.54) is 12.1 Å². The van der Waals surface area contributed by atoms with Crippen LogP contribution in [0, 0.1) is 0 Å². The normalized spacial score (nSPS) is 11.0. The van der Waals surface area contributed by atoms with Crippen molar-refractivity contribution in [1.29, 1.82) is 0 Å². The van der Waals surface area contributed by atoms with E-state index in [1.54, 1.807) is 12.1 Å². The number of carbonyl (C=O) groups is 2. The first-order valence-corrected chi connectivity index (χ1v) is 7.71. The van der Waals surface area contributed by atoms with Gasteiger partial charge in [-0.1, -0.05) is 0 Å². The lowest BCUT2D eigenvalue weighted by Crippen LogP contribution is -2.14. The van der Waals surface area contributed by atoms with Gasteiger partial charge in [0.1, 0.15) is 9.84 Å². The van der Waals surface area contributed by atoms with Crippen LogP contribution in [0.25, 0.3) is 0 Å². The van der Waals surface area contributed by atoms with Crippen LogP contribution in [0.4, 0.5) is 5.69 Å². The van der Waals surface area contributed by atoms with Crippen LogP contribution < -0.4 is 11.1 Å². The Balaban J connectivity index is 2.46. The van der Waals surface area contributed by atoms with Gasteiger partial charge in [-0.25, -0.2) is 8.42 Å². The van der Waals surface area contributed by atoms with Gasteiger partial charge in [0.2, 0.25) is 11.8 Å². The third-order valence-corrected chi connectivity index (χ3v) is 3.40. The fraction of sp³-hybridized carbons (Fsp3) is 0.333. The molecule has 1 aromatic rings. The lowest BCUT2D eigenvalue weighted by atomic mass is 10.2. The summed E-state index contributed by atoms with van der Waals surface area (Å²) < 4.78 is 21.8. The Morgan fingerprint density at radius 3 is 2.26 bits per heavy atom. The SMILES string of the molecule is CS(=O)(=O)CCCC(=O)Nc1ccc(C(N)=O)cc1. The Labute approximate surface area is 111 Å². The Hall–Kier alpha value is -1.89. The monoisotopic (exact) mass is 284 g/mol. The van der Waals surface area contributed by atoms with Crippen molar-refractivity contribution in [2.75, 3.05) is 17.3 Å². The molecule has 6 nitrogen and oxygen atoms in total. The summed E-state index contributed by atoms with van der Waals surface area (Å²) in [5.41, 5.74) is 5.98. The zero-order chi connectivity index (χ0) is 14.5. The summed E-state index contributed by atoms with van der Waals surface area (Å²) in [5.74, 6) is -0.817. The summed E-state index contributed by atoms with van der Waals surface area (Å²) in [6.07, 6.45) is 1.54. The molecular formula is C12H16N2O4S. The van der Waals surface area contributed by atoms with Crippen molar-refractivity contribution in [3.05, 3.63) is 29.8 Å². The van der Waals surface area contributed by atoms with Crippen LogP contribution in [-0.2, 0) is 14.6 Å². The van der Waals surface area contributed by atoms with Gasteiger partial charge >= 0.3 is 0 Å². The first kappa shape index (κ1) is 15.2. The molecule has 0 atom stereocenters. The maximum absolute atomic E-state index is 11.5. The molecule has 7 heteroatoms. The topological polar surface area (TPSA) is 106 Å². The zero-order valence-electron chi connectivity index (χ0n) is 10.5. The first-order chi connectivity index (χ1) is 8.78. The molecule has 3 N–H and O–H groups in total. The number of nitrogens with one attached hydrogen (secondary N) is 1. The van der Waals surface area contributed by atoms with E-state index in [4.69, 9.17) is 5.73 Å². The molecule has 1 aromatic carbocycles. The Kier molecular flexibility index (Phi) is 5.05. The standard InChI is InChI=1S/C12H16N2O4S/c1-19(17,18)8-2-3-11(15)14-10-6-4-9(5-7-10)12(13)16/h4-7H,2-3,8H2,1H3,(H2,13,16)(H,14,15). The van der Waals surface area contributed by atoms with Gasteiger partial charge in [0.25, 0.3) is 0 Å². The fourth-order valence-electron chi connectivity index (χ4n) is 1.44. The molecule has 0 radical (unpaired) electrons. The summed E-state index contributed by atoms with van der Waals surface area (Å²) in [4.78, 5) is 22.4. The molecule has 0 aliphatic heterocycles. The van der Waals surface area contributed by atoms with Crippen molar-refractivity contribution in [2.45, 2.75) is 12.8 Å². The molecule has 0 bridgehead atoms. The van der Waals surface area contributed by atoms with Gasteiger partial charge in [0.05, 0.1) is 5.75 Å². The highest BCUT2D eigenvalue weighted by atomic mass is 32.2. The minimum absolute atomic E-state index is 0.0129. The Morgan fingerprint density at radius 2 is 1.79 bits per heavy atom. The van der Waals surface area contributed by atoms with Gasteiger partial charge in [-0.05, 0) is 30.7 Å². The molecule has 0 aliphatic carbocycles. The van der Waals surface area contributed by atoms with Gasteiger partial charge in [0, 0.05) is 23.9 Å². The predicted molar refractivity (Wildman–Crippen MR) is 72.5 cm³/mol. The Bertz CT molecular complexity index is 564. The van der Waals surface area contributed by atoms with Crippen LogP contribution in [0.15, 0.2) is 24.3 Å². The van der Waals surface area contributed by atoms with Crippen molar-refractivity contribution in [3.63, 3.8) is 0 Å². The third kappa shape index (κ3) is 6.01. The van der Waals surface area contributed by atoms with Crippen molar-refractivity contribution < 1.29 is 18.0 Å². The summed E-state index contributed by atoms with van der Waals surface area (Å²) in [7, 11) is -3.04. The molecule has 0 fully saturated rings. The zero-order valence-corrected chi connectivity index (χ0v) is 11.4. The number of primary amides is 1. The smallest absolute Gasteiger partial charge is 0.248 e. The lowest BCUT2D eigenvalue weighted by Gasteiger charge is -2.05. The van der Waals surface area contributed by atoms with E-state index in [1.807, 2.05) is 0 Å². The predicted octanol–water partition coefficient (Wildman–Crippen LogP) is 0.549. The van der Waals surface area contributed by atoms with E-state index in [0.717, 1.165) is 6.26 Å². The average Bonchev–Trinajstić information content (AvgIpc) is 2.27. The van der Waals surface area contributed by atoms with Gasteiger partial charge in [0.15, 0.2) is 0 Å². The first-order valence-electron chi connectivity index (χ1n) is 5.65. The summed E-state index contributed by atoms with van der Waals surface area (Å²) in [6, 6.07) is 6.14. The number of benzene rings is 1. The number of hydrogen-bond donors (Lipinski definition) is 2. The largest absolute Gasteiger partial charge is 0.366 e. The van der Waals surface area contributed by atoms with Gasteiger partial charge in [-0.2, -0.15) is 0 Å². The maximum Gasteiger partial charge on any atom is 0.248 e. The highest BCUT2D eigenvalue weighted by molar-refractivity contribution is 7.90. The second-order valence-electron chi connectivity index (χ2n) is 4.22. The number of rotatable bonds is 6. The molecule has 0 saturated carbocycles. The second kappa shape index (κ2) is 6.33. The van der Waals surface area contributed by atoms with Crippen molar-refractivity contribution >= 4 is 27.3 Å². The van der Waals surface area contributed by atoms with Crippen LogP contribution in [0.3, 0.4) is 0 Å². The molecule has 0 aromatic heterocycles. The third-order valence-electron chi connectivity index (χ3n) is 2.37. The highest BCUT2D eigenvalue weighted by Crippen LogP contribution is 2.10. The van der Waals surface area contributed by atoms with Gasteiger partial charge < -0.3 is 11.1 Å².